The molecule has 0 aromatic carbocycles. The molecule has 0 aliphatic heterocycles. The van der Waals surface area contributed by atoms with E-state index in [9.17, 15) is 4.79 Å². The molecule has 0 aliphatic rings. The number of carboxylic acids is 1. The fourth-order valence-electron chi connectivity index (χ4n) is 0.462. The van der Waals surface area contributed by atoms with Crippen molar-refractivity contribution in [1.82, 2.24) is 0 Å². The Morgan fingerprint density at radius 2 is 1.91 bits per heavy atom. The fourth-order valence-corrected chi connectivity index (χ4v) is 0.462. The first-order valence-electron chi connectivity index (χ1n) is 2.85. The average Bonchev–Trinajstić information content (AvgIpc) is 1.87. The number of aliphatic carboxylic acids is 1. The smallest absolute Gasteiger partial charge is 0.332 e. The number of rotatable bonds is 4. The third-order valence-electron chi connectivity index (χ3n) is 1.06. The van der Waals surface area contributed by atoms with Crippen molar-refractivity contribution >= 4 is 5.97 Å². The van der Waals surface area contributed by atoms with Gasteiger partial charge in [0.05, 0.1) is 6.61 Å². The van der Waals surface area contributed by atoms with Crippen LogP contribution in [0.4, 0.5) is 0 Å². The molecule has 1 unspecified atom stereocenters. The second-order valence-corrected chi connectivity index (χ2v) is 2.20. The number of carbonyl (C=O) groups is 1. The molecule has 0 fully saturated rings. The largest absolute Gasteiger partial charge is 0.479 e. The van der Waals surface area contributed by atoms with Crippen LogP contribution in [-0.4, -0.2) is 50.0 Å². The van der Waals surface area contributed by atoms with E-state index in [1.54, 1.807) is 0 Å². The molecule has 6 heteroatoms. The molecule has 66 valence electrons. The molecule has 0 amide bonds. The number of aliphatic hydroxyl groups is 4. The van der Waals surface area contributed by atoms with Gasteiger partial charge in [0.25, 0.3) is 0 Å². The molecule has 11 heavy (non-hydrogen) atoms. The van der Waals surface area contributed by atoms with Gasteiger partial charge in [-0.15, -0.1) is 0 Å². The summed E-state index contributed by atoms with van der Waals surface area (Å²) in [6.45, 7) is -1.02. The summed E-state index contributed by atoms with van der Waals surface area (Å²) < 4.78 is 0. The third kappa shape index (κ3) is 3.89. The van der Waals surface area contributed by atoms with Crippen LogP contribution >= 0.6 is 0 Å². The van der Waals surface area contributed by atoms with Crippen LogP contribution in [0, 0.1) is 0 Å². The van der Waals surface area contributed by atoms with E-state index in [0.29, 0.717) is 0 Å². The number of hydrogen-bond acceptors (Lipinski definition) is 5. The maximum absolute atomic E-state index is 9.94. The van der Waals surface area contributed by atoms with Crippen LogP contribution in [-0.2, 0) is 4.79 Å². The van der Waals surface area contributed by atoms with Gasteiger partial charge in [0.15, 0.2) is 11.9 Å². The Hall–Kier alpha value is -0.690. The van der Waals surface area contributed by atoms with Crippen molar-refractivity contribution in [2.45, 2.75) is 18.3 Å². The van der Waals surface area contributed by atoms with Gasteiger partial charge in [-0.25, -0.2) is 4.79 Å². The highest BCUT2D eigenvalue weighted by Gasteiger charge is 2.29. The minimum absolute atomic E-state index is 0.821. The van der Waals surface area contributed by atoms with Gasteiger partial charge in [-0.05, 0) is 0 Å². The highest BCUT2D eigenvalue weighted by atomic mass is 16.5. The molecule has 1 atom stereocenters. The van der Waals surface area contributed by atoms with E-state index in [4.69, 9.17) is 25.5 Å². The molecule has 6 nitrogen and oxygen atoms in total. The molecule has 0 saturated carbocycles. The van der Waals surface area contributed by atoms with Crippen LogP contribution in [0.5, 0.6) is 0 Å². The Labute approximate surface area is 62.3 Å². The lowest BCUT2D eigenvalue weighted by Crippen LogP contribution is -2.39. The van der Waals surface area contributed by atoms with Gasteiger partial charge in [0.2, 0.25) is 0 Å². The highest BCUT2D eigenvalue weighted by molar-refractivity contribution is 5.71. The van der Waals surface area contributed by atoms with E-state index in [0.717, 1.165) is 0 Å². The molecule has 0 radical (unpaired) electrons. The van der Waals surface area contributed by atoms with Crippen LogP contribution in [0.2, 0.25) is 0 Å². The van der Waals surface area contributed by atoms with Crippen molar-refractivity contribution in [2.24, 2.45) is 0 Å². The van der Waals surface area contributed by atoms with Gasteiger partial charge in [-0.3, -0.25) is 0 Å². The van der Waals surface area contributed by atoms with Gasteiger partial charge in [0, 0.05) is 6.42 Å². The topological polar surface area (TPSA) is 118 Å². The molecule has 0 saturated heterocycles. The van der Waals surface area contributed by atoms with Crippen molar-refractivity contribution in [3.05, 3.63) is 0 Å². The number of aliphatic hydroxyl groups excluding tert-OH is 2. The van der Waals surface area contributed by atoms with E-state index in [1.807, 2.05) is 0 Å². The summed E-state index contributed by atoms with van der Waals surface area (Å²) >= 11 is 0. The Bertz CT molecular complexity index is 142. The van der Waals surface area contributed by atoms with Crippen LogP contribution < -0.4 is 0 Å². The third-order valence-corrected chi connectivity index (χ3v) is 1.06. The van der Waals surface area contributed by atoms with E-state index in [-0.39, 0.29) is 0 Å². The van der Waals surface area contributed by atoms with Crippen molar-refractivity contribution in [3.8, 4) is 0 Å². The summed E-state index contributed by atoms with van der Waals surface area (Å²) in [4.78, 5) is 9.94. The van der Waals surface area contributed by atoms with E-state index >= 15 is 0 Å². The number of carboxylic acid groups (broad SMARTS) is 1. The zero-order valence-corrected chi connectivity index (χ0v) is 5.64. The Morgan fingerprint density at radius 1 is 1.45 bits per heavy atom. The molecular formula is C5H10O6. The van der Waals surface area contributed by atoms with Gasteiger partial charge >= 0.3 is 5.97 Å². The molecular weight excluding hydrogens is 156 g/mol. The predicted octanol–water partition coefficient (Wildman–Crippen LogP) is -2.50. The van der Waals surface area contributed by atoms with Crippen LogP contribution in [0.1, 0.15) is 6.42 Å². The molecule has 5 N–H and O–H groups in total. The minimum Gasteiger partial charge on any atom is -0.479 e. The highest BCUT2D eigenvalue weighted by Crippen LogP contribution is 2.07. The van der Waals surface area contributed by atoms with Gasteiger partial charge in [0.1, 0.15) is 0 Å². The molecule has 0 aromatic heterocycles. The maximum Gasteiger partial charge on any atom is 0.332 e. The first kappa shape index (κ1) is 10.3. The Kier molecular flexibility index (Phi) is 3.40. The predicted molar refractivity (Wildman–Crippen MR) is 32.5 cm³/mol. The quantitative estimate of drug-likeness (QED) is 0.294. The Morgan fingerprint density at radius 3 is 2.18 bits per heavy atom. The van der Waals surface area contributed by atoms with Gasteiger partial charge in [-0.1, -0.05) is 0 Å². The lowest BCUT2D eigenvalue weighted by atomic mass is 10.1. The normalized spacial score (nSPS) is 14.5. The van der Waals surface area contributed by atoms with E-state index in [2.05, 4.69) is 0 Å². The Balaban J connectivity index is 3.93. The van der Waals surface area contributed by atoms with Crippen molar-refractivity contribution < 1.29 is 30.3 Å². The van der Waals surface area contributed by atoms with Gasteiger partial charge in [-0.2, -0.15) is 0 Å². The average molecular weight is 166 g/mol. The summed E-state index contributed by atoms with van der Waals surface area (Å²) in [7, 11) is 0. The summed E-state index contributed by atoms with van der Waals surface area (Å²) in [5.41, 5.74) is 0. The molecule has 0 spiro atoms. The first-order valence-corrected chi connectivity index (χ1v) is 2.85. The molecule has 0 aromatic rings. The van der Waals surface area contributed by atoms with Gasteiger partial charge < -0.3 is 25.5 Å². The summed E-state index contributed by atoms with van der Waals surface area (Å²) in [6, 6.07) is 0. The summed E-state index contributed by atoms with van der Waals surface area (Å²) in [5, 5.41) is 42.1. The second-order valence-electron chi connectivity index (χ2n) is 2.20. The number of hydrogen-bond donors (Lipinski definition) is 5. The molecule has 0 bridgehead atoms. The second kappa shape index (κ2) is 3.63. The van der Waals surface area contributed by atoms with E-state index in [1.165, 1.54) is 0 Å². The van der Waals surface area contributed by atoms with E-state index < -0.39 is 30.9 Å². The van der Waals surface area contributed by atoms with Crippen molar-refractivity contribution in [2.75, 3.05) is 6.61 Å². The van der Waals surface area contributed by atoms with Crippen LogP contribution in [0.3, 0.4) is 0 Å². The van der Waals surface area contributed by atoms with Crippen LogP contribution in [0.25, 0.3) is 0 Å². The lowest BCUT2D eigenvalue weighted by molar-refractivity contribution is -0.207. The zero-order valence-electron chi connectivity index (χ0n) is 5.64. The molecule has 0 aliphatic carbocycles. The maximum atomic E-state index is 9.94. The molecule has 0 rings (SSSR count). The SMILES string of the molecule is O=C(O)C(O)CC(O)(O)CO. The fraction of sp³-hybridized carbons (Fsp3) is 0.800. The monoisotopic (exact) mass is 166 g/mol. The molecule has 0 heterocycles. The standard InChI is InChI=1S/C5H10O6/c6-2-5(10,11)1-3(7)4(8)9/h3,6-7,10-11H,1-2H2,(H,8,9). The minimum atomic E-state index is -2.53. The first-order chi connectivity index (χ1) is 4.89. The van der Waals surface area contributed by atoms with Crippen LogP contribution in [0.15, 0.2) is 0 Å². The van der Waals surface area contributed by atoms with Crippen molar-refractivity contribution in [1.29, 1.82) is 0 Å². The summed E-state index contributed by atoms with van der Waals surface area (Å²) in [5.74, 6) is -4.09. The lowest BCUT2D eigenvalue weighted by Gasteiger charge is -2.19. The van der Waals surface area contributed by atoms with Crippen molar-refractivity contribution in [3.63, 3.8) is 0 Å². The zero-order chi connectivity index (χ0) is 9.07. The summed E-state index contributed by atoms with van der Waals surface area (Å²) in [6.07, 6.45) is -2.70.